The highest BCUT2D eigenvalue weighted by molar-refractivity contribution is 6.03. The molecule has 1 amide bonds. The first-order chi connectivity index (χ1) is 11.0. The minimum absolute atomic E-state index is 0.0977. The van der Waals surface area contributed by atoms with Crippen molar-refractivity contribution in [2.24, 2.45) is 7.05 Å². The average Bonchev–Trinajstić information content (AvgIpc) is 3.07. The summed E-state index contributed by atoms with van der Waals surface area (Å²) in [4.78, 5) is 16.1. The summed E-state index contributed by atoms with van der Waals surface area (Å²) in [6, 6.07) is 4.67. The number of aromatic nitrogens is 5. The van der Waals surface area contributed by atoms with Crippen LogP contribution in [0.15, 0.2) is 24.4 Å². The summed E-state index contributed by atoms with van der Waals surface area (Å²) in [5.74, 6) is -0.432. The van der Waals surface area contributed by atoms with Crippen LogP contribution in [0.1, 0.15) is 21.9 Å². The predicted octanol–water partition coefficient (Wildman–Crippen LogP) is 1.78. The van der Waals surface area contributed by atoms with E-state index in [1.54, 1.807) is 16.8 Å². The van der Waals surface area contributed by atoms with Gasteiger partial charge in [0, 0.05) is 24.5 Å². The third-order valence-electron chi connectivity index (χ3n) is 3.61. The van der Waals surface area contributed by atoms with Crippen molar-refractivity contribution in [3.8, 4) is 17.0 Å². The van der Waals surface area contributed by atoms with Crippen molar-refractivity contribution in [1.82, 2.24) is 25.0 Å². The maximum absolute atomic E-state index is 12.2. The maximum atomic E-state index is 12.2. The number of carbonyl (C=O) groups is 1. The number of anilines is 1. The zero-order valence-electron chi connectivity index (χ0n) is 13.0. The molecule has 23 heavy (non-hydrogen) atoms. The quantitative estimate of drug-likeness (QED) is 0.683. The molecule has 3 heterocycles. The Hall–Kier alpha value is -3.16. The minimum Gasteiger partial charge on any atom is -0.504 e. The van der Waals surface area contributed by atoms with Crippen molar-refractivity contribution in [2.45, 2.75) is 13.8 Å². The van der Waals surface area contributed by atoms with Crippen molar-refractivity contribution in [2.75, 3.05) is 5.32 Å². The molecular formula is C15H16N6O2. The van der Waals surface area contributed by atoms with Crippen LogP contribution in [0.5, 0.6) is 5.75 Å². The van der Waals surface area contributed by atoms with Gasteiger partial charge in [-0.15, -0.1) is 0 Å². The Labute approximate surface area is 132 Å². The second-order valence-electron chi connectivity index (χ2n) is 5.16. The molecule has 118 valence electrons. The fourth-order valence-electron chi connectivity index (χ4n) is 2.38. The van der Waals surface area contributed by atoms with E-state index < -0.39 is 5.91 Å². The number of nitrogens with one attached hydrogen (secondary N) is 2. The van der Waals surface area contributed by atoms with Crippen LogP contribution in [0.25, 0.3) is 11.3 Å². The van der Waals surface area contributed by atoms with Gasteiger partial charge in [-0.05, 0) is 32.0 Å². The Morgan fingerprint density at radius 3 is 2.83 bits per heavy atom. The molecule has 3 N–H and O–H groups in total. The van der Waals surface area contributed by atoms with Gasteiger partial charge in [0.15, 0.2) is 11.6 Å². The number of aryl methyl sites for hydroxylation is 2. The van der Waals surface area contributed by atoms with Crippen LogP contribution in [-0.4, -0.2) is 36.0 Å². The van der Waals surface area contributed by atoms with Crippen LogP contribution >= 0.6 is 0 Å². The van der Waals surface area contributed by atoms with E-state index in [2.05, 4.69) is 25.6 Å². The van der Waals surface area contributed by atoms with E-state index in [0.717, 1.165) is 17.0 Å². The highest BCUT2D eigenvalue weighted by Gasteiger charge is 2.18. The van der Waals surface area contributed by atoms with Crippen LogP contribution in [0.2, 0.25) is 0 Å². The number of rotatable bonds is 3. The molecule has 3 rings (SSSR count). The summed E-state index contributed by atoms with van der Waals surface area (Å²) in [6.07, 6.45) is 1.48. The Morgan fingerprint density at radius 2 is 2.17 bits per heavy atom. The van der Waals surface area contributed by atoms with E-state index in [9.17, 15) is 9.90 Å². The zero-order chi connectivity index (χ0) is 16.6. The fraction of sp³-hybridized carbons (Fsp3) is 0.200. The van der Waals surface area contributed by atoms with Crippen LogP contribution in [0.3, 0.4) is 0 Å². The first-order valence-corrected chi connectivity index (χ1v) is 6.98. The lowest BCUT2D eigenvalue weighted by atomic mass is 10.1. The van der Waals surface area contributed by atoms with Crippen LogP contribution in [0.4, 0.5) is 5.82 Å². The van der Waals surface area contributed by atoms with Gasteiger partial charge in [-0.25, -0.2) is 4.98 Å². The van der Waals surface area contributed by atoms with Gasteiger partial charge < -0.3 is 10.4 Å². The fourth-order valence-corrected chi connectivity index (χ4v) is 2.38. The third-order valence-corrected chi connectivity index (χ3v) is 3.61. The van der Waals surface area contributed by atoms with Crippen molar-refractivity contribution in [3.63, 3.8) is 0 Å². The van der Waals surface area contributed by atoms with Gasteiger partial charge in [0.1, 0.15) is 5.69 Å². The van der Waals surface area contributed by atoms with Crippen LogP contribution in [-0.2, 0) is 7.05 Å². The molecule has 0 aromatic carbocycles. The number of nitrogens with zero attached hydrogens (tertiary/aromatic N) is 4. The molecule has 0 aliphatic heterocycles. The first kappa shape index (κ1) is 14.8. The lowest BCUT2D eigenvalue weighted by Crippen LogP contribution is -2.13. The Kier molecular flexibility index (Phi) is 3.57. The highest BCUT2D eigenvalue weighted by Crippen LogP contribution is 2.25. The maximum Gasteiger partial charge on any atom is 0.274 e. The molecule has 0 saturated heterocycles. The minimum atomic E-state index is -0.433. The molecule has 0 bridgehead atoms. The Balaban J connectivity index is 1.87. The molecule has 8 nitrogen and oxygen atoms in total. The second-order valence-corrected chi connectivity index (χ2v) is 5.16. The zero-order valence-corrected chi connectivity index (χ0v) is 13.0. The van der Waals surface area contributed by atoms with Gasteiger partial charge in [-0.1, -0.05) is 0 Å². The van der Waals surface area contributed by atoms with Gasteiger partial charge >= 0.3 is 0 Å². The lowest BCUT2D eigenvalue weighted by Gasteiger charge is -2.03. The van der Waals surface area contributed by atoms with Gasteiger partial charge in [0.05, 0.1) is 11.4 Å². The van der Waals surface area contributed by atoms with E-state index in [1.807, 2.05) is 20.9 Å². The number of amides is 1. The van der Waals surface area contributed by atoms with E-state index in [0.29, 0.717) is 5.69 Å². The topological polar surface area (TPSA) is 109 Å². The summed E-state index contributed by atoms with van der Waals surface area (Å²) in [6.45, 7) is 3.83. The Bertz CT molecular complexity index is 880. The summed E-state index contributed by atoms with van der Waals surface area (Å²) >= 11 is 0. The summed E-state index contributed by atoms with van der Waals surface area (Å²) in [5.41, 5.74) is 3.61. The first-order valence-electron chi connectivity index (χ1n) is 6.98. The number of aromatic amines is 1. The number of H-pyrrole nitrogens is 1. The molecule has 0 unspecified atom stereocenters. The van der Waals surface area contributed by atoms with Crippen molar-refractivity contribution in [3.05, 3.63) is 41.5 Å². The molecule has 8 heteroatoms. The molecule has 0 aliphatic rings. The number of hydrogen-bond donors (Lipinski definition) is 3. The molecule has 0 saturated carbocycles. The summed E-state index contributed by atoms with van der Waals surface area (Å²) in [5, 5.41) is 23.4. The number of pyridine rings is 1. The molecule has 0 spiro atoms. The van der Waals surface area contributed by atoms with E-state index >= 15 is 0 Å². The second kappa shape index (κ2) is 5.56. The van der Waals surface area contributed by atoms with Crippen molar-refractivity contribution < 1.29 is 9.90 Å². The lowest BCUT2D eigenvalue weighted by molar-refractivity contribution is 0.102. The predicted molar refractivity (Wildman–Crippen MR) is 84.1 cm³/mol. The SMILES string of the molecule is Cc1nn(C)c(C)c1-c1cc(C(=O)Nc2ncccc2O)[nH]n1. The smallest absolute Gasteiger partial charge is 0.274 e. The molecule has 0 fully saturated rings. The number of aromatic hydroxyl groups is 1. The molecular weight excluding hydrogens is 296 g/mol. The van der Waals surface area contributed by atoms with Crippen molar-refractivity contribution in [1.29, 1.82) is 0 Å². The summed E-state index contributed by atoms with van der Waals surface area (Å²) in [7, 11) is 1.86. The molecule has 0 atom stereocenters. The van der Waals surface area contributed by atoms with Gasteiger partial charge in [-0.3, -0.25) is 14.6 Å². The Morgan fingerprint density at radius 1 is 1.39 bits per heavy atom. The monoisotopic (exact) mass is 312 g/mol. The standard InChI is InChI=1S/C15H16N6O2/c1-8-13(9(2)21(3)20-8)10-7-11(19-18-10)15(23)17-14-12(22)5-4-6-16-14/h4-7,22H,1-3H3,(H,18,19)(H,16,17,23). The van der Waals surface area contributed by atoms with E-state index in [1.165, 1.54) is 12.3 Å². The molecule has 3 aromatic rings. The van der Waals surface area contributed by atoms with Gasteiger partial charge in [-0.2, -0.15) is 10.2 Å². The van der Waals surface area contributed by atoms with Gasteiger partial charge in [0.25, 0.3) is 5.91 Å². The highest BCUT2D eigenvalue weighted by atomic mass is 16.3. The third kappa shape index (κ3) is 2.66. The largest absolute Gasteiger partial charge is 0.504 e. The molecule has 0 aliphatic carbocycles. The average molecular weight is 312 g/mol. The van der Waals surface area contributed by atoms with Crippen LogP contribution in [0, 0.1) is 13.8 Å². The van der Waals surface area contributed by atoms with E-state index in [-0.39, 0.29) is 17.3 Å². The van der Waals surface area contributed by atoms with Crippen molar-refractivity contribution >= 4 is 11.7 Å². The normalized spacial score (nSPS) is 10.7. The van der Waals surface area contributed by atoms with Gasteiger partial charge in [0.2, 0.25) is 0 Å². The molecule has 0 radical (unpaired) electrons. The van der Waals surface area contributed by atoms with Crippen LogP contribution < -0.4 is 5.32 Å². The summed E-state index contributed by atoms with van der Waals surface area (Å²) < 4.78 is 1.77. The number of hydrogen-bond acceptors (Lipinski definition) is 5. The van der Waals surface area contributed by atoms with E-state index in [4.69, 9.17) is 0 Å². The number of carbonyl (C=O) groups excluding carboxylic acids is 1. The molecule has 3 aromatic heterocycles.